The van der Waals surface area contributed by atoms with Crippen LogP contribution in [0.1, 0.15) is 61.9 Å². The predicted octanol–water partition coefficient (Wildman–Crippen LogP) is 3.56. The van der Waals surface area contributed by atoms with E-state index in [1.165, 1.54) is 0 Å². The van der Waals surface area contributed by atoms with Crippen LogP contribution in [0.3, 0.4) is 0 Å². The van der Waals surface area contributed by atoms with Crippen molar-refractivity contribution in [2.45, 2.75) is 83.5 Å². The first kappa shape index (κ1) is 27.3. The van der Waals surface area contributed by atoms with Crippen molar-refractivity contribution >= 4 is 5.91 Å². The van der Waals surface area contributed by atoms with Crippen LogP contribution in [-0.4, -0.2) is 68.5 Å². The minimum atomic E-state index is -4.41. The maximum atomic E-state index is 12.8. The molecule has 0 bridgehead atoms. The van der Waals surface area contributed by atoms with Gasteiger partial charge in [0.2, 0.25) is 11.8 Å². The fraction of sp³-hybridized carbons (Fsp3) is 0.692. The van der Waals surface area contributed by atoms with Crippen LogP contribution >= 0.6 is 0 Å². The molecule has 0 saturated heterocycles. The van der Waals surface area contributed by atoms with Gasteiger partial charge in [0.25, 0.3) is 0 Å². The molecule has 0 unspecified atom stereocenters. The number of carbonyl (C=O) groups is 1. The zero-order valence-electron chi connectivity index (χ0n) is 21.9. The van der Waals surface area contributed by atoms with Crippen LogP contribution < -0.4 is 10.1 Å². The van der Waals surface area contributed by atoms with E-state index in [0.29, 0.717) is 18.2 Å². The third-order valence-corrected chi connectivity index (χ3v) is 7.57. The molecule has 1 fully saturated rings. The molecule has 11 heteroatoms. The molecule has 0 spiro atoms. The average Bonchev–Trinajstić information content (AvgIpc) is 3.02. The first-order chi connectivity index (χ1) is 17.6. The fourth-order valence-electron chi connectivity index (χ4n) is 5.13. The van der Waals surface area contributed by atoms with E-state index in [9.17, 15) is 18.0 Å². The van der Waals surface area contributed by atoms with Crippen LogP contribution in [-0.2, 0) is 31.1 Å². The number of alkyl halides is 3. The molecule has 1 N–H and O–H groups in total. The second-order valence-corrected chi connectivity index (χ2v) is 10.3. The van der Waals surface area contributed by atoms with E-state index in [1.54, 1.807) is 10.7 Å². The highest BCUT2D eigenvalue weighted by molar-refractivity contribution is 5.78. The Kier molecular flexibility index (Phi) is 8.71. The number of aryl methyl sites for hydroxylation is 2. The molecule has 2 aliphatic rings. The summed E-state index contributed by atoms with van der Waals surface area (Å²) >= 11 is 0. The third-order valence-electron chi connectivity index (χ3n) is 7.57. The predicted molar refractivity (Wildman–Crippen MR) is 132 cm³/mol. The minimum absolute atomic E-state index is 0.0202. The quantitative estimate of drug-likeness (QED) is 0.571. The van der Waals surface area contributed by atoms with Gasteiger partial charge in [-0.15, -0.1) is 0 Å². The summed E-state index contributed by atoms with van der Waals surface area (Å²) in [5.41, 5.74) is 1.92. The number of hydrogen-bond donors (Lipinski definition) is 1. The Hall–Kier alpha value is -2.69. The number of carbonyl (C=O) groups excluding carboxylic acids is 1. The molecule has 1 atom stereocenters. The summed E-state index contributed by atoms with van der Waals surface area (Å²) in [7, 11) is 1.82. The van der Waals surface area contributed by atoms with Gasteiger partial charge in [0.15, 0.2) is 11.9 Å². The largest absolute Gasteiger partial charge is 0.465 e. The normalized spacial score (nSPS) is 21.7. The standard InChI is InChI=1S/C26H37F3N6O2/c1-17(26(27,28)29)37-25-9-6-20-11-14-35(15-12-22(20)32-25)13-10-19-4-7-21(8-5-19)31-24(36)16-23-30-18(2)34(3)33-23/h6,9,17,19,21H,4-5,7-8,10-16H2,1-3H3,(H,31,36)/t17-,19-,21-/m1/s1. The van der Waals surface area contributed by atoms with E-state index in [0.717, 1.165) is 82.2 Å². The van der Waals surface area contributed by atoms with Crippen molar-refractivity contribution in [3.05, 3.63) is 35.0 Å². The Bertz CT molecular complexity index is 1050. The highest BCUT2D eigenvalue weighted by atomic mass is 19.4. The van der Waals surface area contributed by atoms with Crippen molar-refractivity contribution in [2.24, 2.45) is 13.0 Å². The van der Waals surface area contributed by atoms with Gasteiger partial charge in [0.05, 0.1) is 6.42 Å². The monoisotopic (exact) mass is 522 g/mol. The van der Waals surface area contributed by atoms with Crippen molar-refractivity contribution in [1.29, 1.82) is 0 Å². The Morgan fingerprint density at radius 1 is 1.16 bits per heavy atom. The molecule has 0 radical (unpaired) electrons. The van der Waals surface area contributed by atoms with E-state index in [1.807, 2.05) is 20.0 Å². The lowest BCUT2D eigenvalue weighted by atomic mass is 9.84. The van der Waals surface area contributed by atoms with Crippen LogP contribution in [0.5, 0.6) is 5.88 Å². The molecule has 1 saturated carbocycles. The number of amides is 1. The van der Waals surface area contributed by atoms with Crippen LogP contribution in [0, 0.1) is 12.8 Å². The number of nitrogens with one attached hydrogen (secondary N) is 1. The lowest BCUT2D eigenvalue weighted by Gasteiger charge is -2.30. The summed E-state index contributed by atoms with van der Waals surface area (Å²) in [6, 6.07) is 3.61. The summed E-state index contributed by atoms with van der Waals surface area (Å²) < 4.78 is 45.1. The number of pyridine rings is 1. The number of halogens is 3. The number of rotatable bonds is 8. The van der Waals surface area contributed by atoms with Crippen molar-refractivity contribution < 1.29 is 22.7 Å². The van der Waals surface area contributed by atoms with Crippen LogP contribution in [0.15, 0.2) is 12.1 Å². The second-order valence-electron chi connectivity index (χ2n) is 10.3. The SMILES string of the molecule is Cc1nc(CC(=O)N[C@H]2CC[C@H](CCN3CCc4ccc(O[C@H](C)C(F)(F)F)nc4CC3)CC2)nn1C. The van der Waals surface area contributed by atoms with Gasteiger partial charge in [-0.05, 0) is 70.4 Å². The maximum absolute atomic E-state index is 12.8. The molecule has 4 rings (SSSR count). The lowest BCUT2D eigenvalue weighted by molar-refractivity contribution is -0.190. The molecule has 204 valence electrons. The number of hydrogen-bond acceptors (Lipinski definition) is 6. The molecule has 8 nitrogen and oxygen atoms in total. The Morgan fingerprint density at radius 2 is 1.89 bits per heavy atom. The highest BCUT2D eigenvalue weighted by Gasteiger charge is 2.38. The number of fused-ring (bicyclic) bond motifs is 1. The molecule has 2 aromatic heterocycles. The summed E-state index contributed by atoms with van der Waals surface area (Å²) in [6.07, 6.45) is 0.731. The molecular formula is C26H37F3N6O2. The summed E-state index contributed by atoms with van der Waals surface area (Å²) in [4.78, 5) is 23.5. The van der Waals surface area contributed by atoms with Crippen LogP contribution in [0.25, 0.3) is 0 Å². The zero-order chi connectivity index (χ0) is 26.6. The second kappa shape index (κ2) is 11.8. The molecule has 37 heavy (non-hydrogen) atoms. The van der Waals surface area contributed by atoms with E-state index < -0.39 is 12.3 Å². The van der Waals surface area contributed by atoms with E-state index >= 15 is 0 Å². The van der Waals surface area contributed by atoms with E-state index in [-0.39, 0.29) is 24.2 Å². The van der Waals surface area contributed by atoms with E-state index in [2.05, 4.69) is 25.3 Å². The third kappa shape index (κ3) is 7.66. The fourth-order valence-corrected chi connectivity index (χ4v) is 5.13. The van der Waals surface area contributed by atoms with Gasteiger partial charge in [-0.25, -0.2) is 9.97 Å². The van der Waals surface area contributed by atoms with Gasteiger partial charge >= 0.3 is 6.18 Å². The highest BCUT2D eigenvalue weighted by Crippen LogP contribution is 2.28. The topological polar surface area (TPSA) is 85.2 Å². The van der Waals surface area contributed by atoms with Crippen molar-refractivity contribution in [3.63, 3.8) is 0 Å². The summed E-state index contributed by atoms with van der Waals surface area (Å²) in [5.74, 6) is 2.00. The van der Waals surface area contributed by atoms with Crippen LogP contribution in [0.2, 0.25) is 0 Å². The number of ether oxygens (including phenoxy) is 1. The lowest BCUT2D eigenvalue weighted by Crippen LogP contribution is -2.39. The first-order valence-electron chi connectivity index (χ1n) is 13.2. The summed E-state index contributed by atoms with van der Waals surface area (Å²) in [5, 5.41) is 7.40. The van der Waals surface area contributed by atoms with Gasteiger partial charge < -0.3 is 15.0 Å². The molecule has 0 aromatic carbocycles. The molecule has 1 amide bonds. The maximum Gasteiger partial charge on any atom is 0.425 e. The van der Waals surface area contributed by atoms with Gasteiger partial charge in [-0.3, -0.25) is 9.48 Å². The Labute approximate surface area is 216 Å². The zero-order valence-corrected chi connectivity index (χ0v) is 21.9. The number of nitrogens with zero attached hydrogens (tertiary/aromatic N) is 5. The van der Waals surface area contributed by atoms with Gasteiger partial charge in [-0.2, -0.15) is 18.3 Å². The van der Waals surface area contributed by atoms with Gasteiger partial charge in [-0.1, -0.05) is 6.07 Å². The molecular weight excluding hydrogens is 485 g/mol. The van der Waals surface area contributed by atoms with Crippen molar-refractivity contribution in [3.8, 4) is 5.88 Å². The van der Waals surface area contributed by atoms with Crippen molar-refractivity contribution in [2.75, 3.05) is 19.6 Å². The minimum Gasteiger partial charge on any atom is -0.465 e. The molecule has 1 aliphatic carbocycles. The first-order valence-corrected chi connectivity index (χ1v) is 13.2. The summed E-state index contributed by atoms with van der Waals surface area (Å²) in [6.45, 7) is 5.61. The van der Waals surface area contributed by atoms with Gasteiger partial charge in [0.1, 0.15) is 5.82 Å². The Morgan fingerprint density at radius 3 is 2.57 bits per heavy atom. The smallest absolute Gasteiger partial charge is 0.425 e. The Balaban J connectivity index is 1.17. The molecule has 2 aromatic rings. The van der Waals surface area contributed by atoms with Crippen molar-refractivity contribution in [1.82, 2.24) is 30.0 Å². The number of aromatic nitrogens is 4. The van der Waals surface area contributed by atoms with E-state index in [4.69, 9.17) is 4.74 Å². The van der Waals surface area contributed by atoms with Crippen LogP contribution in [0.4, 0.5) is 13.2 Å². The van der Waals surface area contributed by atoms with Gasteiger partial charge in [0, 0.05) is 44.4 Å². The molecule has 3 heterocycles. The molecule has 1 aliphatic heterocycles. The average molecular weight is 523 g/mol.